The zero-order valence-electron chi connectivity index (χ0n) is 5.10. The quantitative estimate of drug-likeness (QED) is 0.376. The average Bonchev–Trinajstić information content (AvgIpc) is 1.59. The molecule has 0 heterocycles. The highest BCUT2D eigenvalue weighted by molar-refractivity contribution is 7.51. The molecule has 5 nitrogen and oxygen atoms in total. The standard InChI is InChI=1S/C4H8NO4P/c5-4(6)2-1-3-10(7,8)9/h1-2H,3H2,(H2,5,6)(H2,7,8,9)/b2-1+. The summed E-state index contributed by atoms with van der Waals surface area (Å²) in [5.74, 6) is -0.714. The average molecular weight is 165 g/mol. The molecule has 58 valence electrons. The molecule has 0 fully saturated rings. The van der Waals surface area contributed by atoms with Crippen LogP contribution in [0.2, 0.25) is 0 Å². The Balaban J connectivity index is 3.76. The van der Waals surface area contributed by atoms with E-state index in [1.807, 2.05) is 0 Å². The van der Waals surface area contributed by atoms with Gasteiger partial charge in [-0.15, -0.1) is 0 Å². The van der Waals surface area contributed by atoms with Gasteiger partial charge >= 0.3 is 7.60 Å². The lowest BCUT2D eigenvalue weighted by molar-refractivity contribution is -0.113. The first-order valence-electron chi connectivity index (χ1n) is 2.42. The molecule has 0 aliphatic rings. The third-order valence-electron chi connectivity index (χ3n) is 0.625. The van der Waals surface area contributed by atoms with Crippen molar-refractivity contribution in [3.8, 4) is 0 Å². The molecule has 6 heteroatoms. The zero-order chi connectivity index (χ0) is 8.20. The van der Waals surface area contributed by atoms with E-state index >= 15 is 0 Å². The summed E-state index contributed by atoms with van der Waals surface area (Å²) in [5, 5.41) is 0. The highest BCUT2D eigenvalue weighted by Crippen LogP contribution is 2.33. The number of amides is 1. The van der Waals surface area contributed by atoms with Crippen molar-refractivity contribution < 1.29 is 19.1 Å². The van der Waals surface area contributed by atoms with Crippen LogP contribution in [-0.4, -0.2) is 21.9 Å². The van der Waals surface area contributed by atoms with E-state index in [-0.39, 0.29) is 0 Å². The molecule has 0 saturated carbocycles. The van der Waals surface area contributed by atoms with E-state index in [2.05, 4.69) is 5.73 Å². The van der Waals surface area contributed by atoms with Gasteiger partial charge in [-0.2, -0.15) is 0 Å². The highest BCUT2D eigenvalue weighted by Gasteiger charge is 2.08. The van der Waals surface area contributed by atoms with Gasteiger partial charge in [0.15, 0.2) is 0 Å². The summed E-state index contributed by atoms with van der Waals surface area (Å²) < 4.78 is 10.1. The topological polar surface area (TPSA) is 101 Å². The molecule has 0 aliphatic carbocycles. The molecule has 0 saturated heterocycles. The number of carbonyl (C=O) groups excluding carboxylic acids is 1. The van der Waals surface area contributed by atoms with Crippen molar-refractivity contribution in [3.05, 3.63) is 12.2 Å². The minimum Gasteiger partial charge on any atom is -0.366 e. The number of primary amides is 1. The van der Waals surface area contributed by atoms with Crippen LogP contribution in [0.15, 0.2) is 12.2 Å². The molecule has 0 bridgehead atoms. The van der Waals surface area contributed by atoms with Crippen LogP contribution in [0, 0.1) is 0 Å². The lowest BCUT2D eigenvalue weighted by Crippen LogP contribution is -2.05. The fourth-order valence-electron chi connectivity index (χ4n) is 0.306. The number of carbonyl (C=O) groups is 1. The first kappa shape index (κ1) is 9.36. The molecule has 0 radical (unpaired) electrons. The van der Waals surface area contributed by atoms with Crippen LogP contribution in [0.25, 0.3) is 0 Å². The third-order valence-corrected chi connectivity index (χ3v) is 1.31. The van der Waals surface area contributed by atoms with Crippen LogP contribution in [0.1, 0.15) is 0 Å². The minimum absolute atomic E-state index is 0.448. The maximum Gasteiger partial charge on any atom is 0.329 e. The van der Waals surface area contributed by atoms with E-state index < -0.39 is 19.7 Å². The summed E-state index contributed by atoms with van der Waals surface area (Å²) >= 11 is 0. The molecule has 4 N–H and O–H groups in total. The molecule has 0 rings (SSSR count). The Labute approximate surface area is 57.7 Å². The normalized spacial score (nSPS) is 12.2. The number of allylic oxidation sites excluding steroid dienone is 1. The molecule has 0 aliphatic heterocycles. The second-order valence-electron chi connectivity index (χ2n) is 1.65. The summed E-state index contributed by atoms with van der Waals surface area (Å²) in [4.78, 5) is 26.4. The van der Waals surface area contributed by atoms with Crippen LogP contribution in [0.3, 0.4) is 0 Å². The Hall–Kier alpha value is -0.640. The Morgan fingerprint density at radius 3 is 2.40 bits per heavy atom. The van der Waals surface area contributed by atoms with Crippen molar-refractivity contribution in [2.24, 2.45) is 5.73 Å². The molecule has 0 spiro atoms. The van der Waals surface area contributed by atoms with Crippen LogP contribution in [-0.2, 0) is 9.36 Å². The third kappa shape index (κ3) is 7.36. The second-order valence-corrected chi connectivity index (χ2v) is 3.35. The predicted molar refractivity (Wildman–Crippen MR) is 35.2 cm³/mol. The van der Waals surface area contributed by atoms with E-state index in [1.54, 1.807) is 0 Å². The fourth-order valence-corrected chi connectivity index (χ4v) is 0.686. The molecular formula is C4H8NO4P. The van der Waals surface area contributed by atoms with E-state index in [9.17, 15) is 9.36 Å². The lowest BCUT2D eigenvalue weighted by Gasteiger charge is -1.95. The van der Waals surface area contributed by atoms with Gasteiger partial charge in [-0.25, -0.2) is 0 Å². The maximum absolute atomic E-state index is 10.1. The molecule has 1 amide bonds. The first-order chi connectivity index (χ1) is 4.42. The summed E-state index contributed by atoms with van der Waals surface area (Å²) in [6.07, 6.45) is 1.51. The molecule has 0 aromatic heterocycles. The van der Waals surface area contributed by atoms with Crippen molar-refractivity contribution in [2.45, 2.75) is 0 Å². The Morgan fingerprint density at radius 2 is 2.10 bits per heavy atom. The molecule has 0 atom stereocenters. The highest BCUT2D eigenvalue weighted by atomic mass is 31.2. The van der Waals surface area contributed by atoms with Crippen molar-refractivity contribution >= 4 is 13.5 Å². The monoisotopic (exact) mass is 165 g/mol. The molecule has 0 unspecified atom stereocenters. The Kier molecular flexibility index (Phi) is 3.28. The van der Waals surface area contributed by atoms with Gasteiger partial charge in [-0.3, -0.25) is 9.36 Å². The zero-order valence-corrected chi connectivity index (χ0v) is 5.99. The Bertz CT molecular complexity index is 193. The maximum atomic E-state index is 10.1. The van der Waals surface area contributed by atoms with Gasteiger partial charge in [-0.1, -0.05) is 6.08 Å². The van der Waals surface area contributed by atoms with Gasteiger partial charge in [-0.05, 0) is 6.08 Å². The molecular weight excluding hydrogens is 157 g/mol. The number of rotatable bonds is 3. The molecule has 0 aromatic carbocycles. The van der Waals surface area contributed by atoms with Crippen LogP contribution in [0.4, 0.5) is 0 Å². The second kappa shape index (κ2) is 3.51. The van der Waals surface area contributed by atoms with E-state index in [0.29, 0.717) is 0 Å². The van der Waals surface area contributed by atoms with E-state index in [1.165, 1.54) is 0 Å². The van der Waals surface area contributed by atoms with Crippen LogP contribution >= 0.6 is 7.60 Å². The largest absolute Gasteiger partial charge is 0.366 e. The molecule has 10 heavy (non-hydrogen) atoms. The van der Waals surface area contributed by atoms with Crippen molar-refractivity contribution in [1.29, 1.82) is 0 Å². The van der Waals surface area contributed by atoms with E-state index in [4.69, 9.17) is 9.79 Å². The van der Waals surface area contributed by atoms with Crippen LogP contribution < -0.4 is 5.73 Å². The summed E-state index contributed by atoms with van der Waals surface area (Å²) in [6, 6.07) is 0. The van der Waals surface area contributed by atoms with Crippen LogP contribution in [0.5, 0.6) is 0 Å². The van der Waals surface area contributed by atoms with E-state index in [0.717, 1.165) is 12.2 Å². The van der Waals surface area contributed by atoms with Gasteiger partial charge in [0.2, 0.25) is 5.91 Å². The fraction of sp³-hybridized carbons (Fsp3) is 0.250. The molecule has 0 aromatic rings. The van der Waals surface area contributed by atoms with Crippen molar-refractivity contribution in [2.75, 3.05) is 6.16 Å². The first-order valence-corrected chi connectivity index (χ1v) is 4.22. The summed E-state index contributed by atoms with van der Waals surface area (Å²) in [5.41, 5.74) is 4.64. The van der Waals surface area contributed by atoms with Gasteiger partial charge in [0.25, 0.3) is 0 Å². The van der Waals surface area contributed by atoms with Gasteiger partial charge in [0.05, 0.1) is 6.16 Å². The summed E-state index contributed by atoms with van der Waals surface area (Å²) in [7, 11) is -4.02. The van der Waals surface area contributed by atoms with Gasteiger partial charge < -0.3 is 15.5 Å². The number of hydrogen-bond acceptors (Lipinski definition) is 2. The number of hydrogen-bond donors (Lipinski definition) is 3. The summed E-state index contributed by atoms with van der Waals surface area (Å²) in [6.45, 7) is 0. The smallest absolute Gasteiger partial charge is 0.329 e. The van der Waals surface area contributed by atoms with Gasteiger partial charge in [0.1, 0.15) is 0 Å². The number of nitrogens with two attached hydrogens (primary N) is 1. The van der Waals surface area contributed by atoms with Crippen molar-refractivity contribution in [1.82, 2.24) is 0 Å². The SMILES string of the molecule is NC(=O)/C=C/CP(=O)(O)O. The van der Waals surface area contributed by atoms with Crippen molar-refractivity contribution in [3.63, 3.8) is 0 Å². The Morgan fingerprint density at radius 1 is 1.60 bits per heavy atom. The minimum atomic E-state index is -4.02. The predicted octanol–water partition coefficient (Wildman–Crippen LogP) is -0.794. The van der Waals surface area contributed by atoms with Gasteiger partial charge in [0, 0.05) is 0 Å². The lowest BCUT2D eigenvalue weighted by atomic mass is 10.5.